The molecule has 3 N–H and O–H groups in total. The first kappa shape index (κ1) is 14.9. The summed E-state index contributed by atoms with van der Waals surface area (Å²) in [6, 6.07) is 7.70. The summed E-state index contributed by atoms with van der Waals surface area (Å²) in [5, 5.41) is 20.8. The van der Waals surface area contributed by atoms with Crippen LogP contribution in [-0.4, -0.2) is 28.1 Å². The molecule has 0 aliphatic rings. The molecule has 6 nitrogen and oxygen atoms in total. The summed E-state index contributed by atoms with van der Waals surface area (Å²) in [6.07, 6.45) is 0.0792. The Balaban J connectivity index is 2.07. The number of nitrogens with one attached hydrogen (secondary N) is 1. The van der Waals surface area contributed by atoms with Gasteiger partial charge >= 0.3 is 5.97 Å². The number of carboxylic acid groups (broad SMARTS) is 1. The molecule has 0 saturated carbocycles. The zero-order chi connectivity index (χ0) is 15.4. The number of amides is 1. The SMILES string of the molecule is O=C(NC(Cc1ccc(O)cc1)C(=O)O)c1ccc(Cl)o1. The topological polar surface area (TPSA) is 99.8 Å². The third kappa shape index (κ3) is 4.00. The van der Waals surface area contributed by atoms with E-state index in [2.05, 4.69) is 5.32 Å². The van der Waals surface area contributed by atoms with Gasteiger partial charge in [0.2, 0.25) is 0 Å². The van der Waals surface area contributed by atoms with E-state index < -0.39 is 17.9 Å². The molecule has 0 aliphatic carbocycles. The molecule has 1 amide bonds. The number of furan rings is 1. The fourth-order valence-electron chi connectivity index (χ4n) is 1.73. The van der Waals surface area contributed by atoms with Gasteiger partial charge < -0.3 is 19.9 Å². The van der Waals surface area contributed by atoms with Gasteiger partial charge in [0, 0.05) is 6.42 Å². The minimum absolute atomic E-state index is 0.0468. The predicted molar refractivity (Wildman–Crippen MR) is 74.4 cm³/mol. The fourth-order valence-corrected chi connectivity index (χ4v) is 1.88. The van der Waals surface area contributed by atoms with E-state index in [9.17, 15) is 14.7 Å². The van der Waals surface area contributed by atoms with Crippen molar-refractivity contribution in [1.29, 1.82) is 0 Å². The Morgan fingerprint density at radius 2 is 1.86 bits per heavy atom. The number of phenols is 1. The molecule has 2 aromatic rings. The Kier molecular flexibility index (Phi) is 4.49. The summed E-state index contributed by atoms with van der Waals surface area (Å²) in [6.45, 7) is 0. The maximum atomic E-state index is 11.9. The van der Waals surface area contributed by atoms with Gasteiger partial charge in [0.05, 0.1) is 0 Å². The van der Waals surface area contributed by atoms with Crippen molar-refractivity contribution in [2.45, 2.75) is 12.5 Å². The van der Waals surface area contributed by atoms with Crippen LogP contribution in [0.25, 0.3) is 0 Å². The third-order valence-electron chi connectivity index (χ3n) is 2.78. The summed E-state index contributed by atoms with van der Waals surface area (Å²) in [5.74, 6) is -1.81. The monoisotopic (exact) mass is 309 g/mol. The van der Waals surface area contributed by atoms with Crippen LogP contribution in [0.4, 0.5) is 0 Å². The predicted octanol–water partition coefficient (Wildman–Crippen LogP) is 2.06. The molecular formula is C14H12ClNO5. The van der Waals surface area contributed by atoms with Gasteiger partial charge in [-0.15, -0.1) is 0 Å². The van der Waals surface area contributed by atoms with Gasteiger partial charge in [-0.3, -0.25) is 4.79 Å². The molecule has 0 saturated heterocycles. The fraction of sp³-hybridized carbons (Fsp3) is 0.143. The van der Waals surface area contributed by atoms with Crippen LogP contribution in [0.3, 0.4) is 0 Å². The van der Waals surface area contributed by atoms with Crippen LogP contribution in [-0.2, 0) is 11.2 Å². The highest BCUT2D eigenvalue weighted by Gasteiger charge is 2.22. The number of hydrogen-bond donors (Lipinski definition) is 3. The number of rotatable bonds is 5. The third-order valence-corrected chi connectivity index (χ3v) is 2.98. The number of aliphatic carboxylic acids is 1. The first-order chi connectivity index (χ1) is 9.95. The van der Waals surface area contributed by atoms with Crippen LogP contribution in [0.15, 0.2) is 40.8 Å². The number of carbonyl (C=O) groups is 2. The quantitative estimate of drug-likeness (QED) is 0.785. The van der Waals surface area contributed by atoms with Crippen LogP contribution < -0.4 is 5.32 Å². The maximum Gasteiger partial charge on any atom is 0.326 e. The number of phenolic OH excluding ortho intramolecular Hbond substituents is 1. The Morgan fingerprint density at radius 3 is 2.38 bits per heavy atom. The molecule has 1 aromatic carbocycles. The van der Waals surface area contributed by atoms with Crippen LogP contribution in [0.5, 0.6) is 5.75 Å². The van der Waals surface area contributed by atoms with Crippen molar-refractivity contribution in [3.63, 3.8) is 0 Å². The average molecular weight is 310 g/mol. The summed E-state index contributed by atoms with van der Waals surface area (Å²) in [4.78, 5) is 23.1. The van der Waals surface area contributed by atoms with E-state index in [1.807, 2.05) is 0 Å². The molecular weight excluding hydrogens is 298 g/mol. The lowest BCUT2D eigenvalue weighted by atomic mass is 10.1. The molecule has 1 atom stereocenters. The normalized spacial score (nSPS) is 11.9. The minimum atomic E-state index is -1.17. The summed E-state index contributed by atoms with van der Waals surface area (Å²) >= 11 is 5.56. The van der Waals surface area contributed by atoms with Gasteiger partial charge in [-0.25, -0.2) is 4.79 Å². The number of carbonyl (C=O) groups excluding carboxylic acids is 1. The van der Waals surface area contributed by atoms with Crippen molar-refractivity contribution in [3.05, 3.63) is 52.9 Å². The van der Waals surface area contributed by atoms with E-state index in [0.717, 1.165) is 0 Å². The highest BCUT2D eigenvalue weighted by Crippen LogP contribution is 2.14. The molecule has 0 spiro atoms. The Bertz CT molecular complexity index is 650. The zero-order valence-electron chi connectivity index (χ0n) is 10.7. The summed E-state index contributed by atoms with van der Waals surface area (Å²) < 4.78 is 4.92. The lowest BCUT2D eigenvalue weighted by molar-refractivity contribution is -0.139. The number of halogens is 1. The van der Waals surface area contributed by atoms with Crippen molar-refractivity contribution in [2.75, 3.05) is 0 Å². The molecule has 21 heavy (non-hydrogen) atoms. The van der Waals surface area contributed by atoms with Gasteiger partial charge in [0.1, 0.15) is 11.8 Å². The zero-order valence-corrected chi connectivity index (χ0v) is 11.5. The van der Waals surface area contributed by atoms with Gasteiger partial charge in [-0.1, -0.05) is 12.1 Å². The van der Waals surface area contributed by atoms with Crippen LogP contribution in [0, 0.1) is 0 Å². The van der Waals surface area contributed by atoms with E-state index in [4.69, 9.17) is 21.1 Å². The highest BCUT2D eigenvalue weighted by atomic mass is 35.5. The number of hydrogen-bond acceptors (Lipinski definition) is 4. The van der Waals surface area contributed by atoms with Crippen molar-refractivity contribution in [1.82, 2.24) is 5.32 Å². The Labute approximate surface area is 125 Å². The molecule has 0 aliphatic heterocycles. The largest absolute Gasteiger partial charge is 0.508 e. The van der Waals surface area contributed by atoms with Gasteiger partial charge in [-0.05, 0) is 41.4 Å². The standard InChI is InChI=1S/C14H12ClNO5/c15-12-6-5-11(21-12)13(18)16-10(14(19)20)7-8-1-3-9(17)4-2-8/h1-6,10,17H,7H2,(H,16,18)(H,19,20). The summed E-state index contributed by atoms with van der Waals surface area (Å²) in [5.41, 5.74) is 0.665. The van der Waals surface area contributed by atoms with E-state index in [1.165, 1.54) is 24.3 Å². The smallest absolute Gasteiger partial charge is 0.326 e. The van der Waals surface area contributed by atoms with Crippen LogP contribution >= 0.6 is 11.6 Å². The molecule has 1 heterocycles. The first-order valence-electron chi connectivity index (χ1n) is 6.02. The minimum Gasteiger partial charge on any atom is -0.508 e. The molecule has 2 rings (SSSR count). The average Bonchev–Trinajstić information content (AvgIpc) is 2.87. The number of aromatic hydroxyl groups is 1. The molecule has 7 heteroatoms. The molecule has 0 fully saturated rings. The van der Waals surface area contributed by atoms with E-state index in [-0.39, 0.29) is 23.2 Å². The second kappa shape index (κ2) is 6.32. The van der Waals surface area contributed by atoms with Crippen LogP contribution in [0.2, 0.25) is 5.22 Å². The Hall–Kier alpha value is -2.47. The van der Waals surface area contributed by atoms with Crippen molar-refractivity contribution in [3.8, 4) is 5.75 Å². The number of carboxylic acids is 1. The molecule has 1 aromatic heterocycles. The molecule has 110 valence electrons. The molecule has 0 bridgehead atoms. The first-order valence-corrected chi connectivity index (χ1v) is 6.40. The lowest BCUT2D eigenvalue weighted by Gasteiger charge is -2.13. The van der Waals surface area contributed by atoms with Crippen molar-refractivity contribution in [2.24, 2.45) is 0 Å². The Morgan fingerprint density at radius 1 is 1.19 bits per heavy atom. The highest BCUT2D eigenvalue weighted by molar-refractivity contribution is 6.29. The van der Waals surface area contributed by atoms with Crippen molar-refractivity contribution < 1.29 is 24.2 Å². The second-order valence-electron chi connectivity index (χ2n) is 4.34. The number of benzene rings is 1. The van der Waals surface area contributed by atoms with Crippen molar-refractivity contribution >= 4 is 23.5 Å². The van der Waals surface area contributed by atoms with Crippen LogP contribution in [0.1, 0.15) is 16.1 Å². The van der Waals surface area contributed by atoms with E-state index in [0.29, 0.717) is 5.56 Å². The van der Waals surface area contributed by atoms with Gasteiger partial charge in [-0.2, -0.15) is 0 Å². The van der Waals surface area contributed by atoms with Gasteiger partial charge in [0.15, 0.2) is 11.0 Å². The molecule has 0 radical (unpaired) electrons. The summed E-state index contributed by atoms with van der Waals surface area (Å²) in [7, 11) is 0. The van der Waals surface area contributed by atoms with Gasteiger partial charge in [0.25, 0.3) is 5.91 Å². The van der Waals surface area contributed by atoms with E-state index >= 15 is 0 Å². The second-order valence-corrected chi connectivity index (χ2v) is 4.71. The molecule has 1 unspecified atom stereocenters. The lowest BCUT2D eigenvalue weighted by Crippen LogP contribution is -2.42. The maximum absolute atomic E-state index is 11.9. The van der Waals surface area contributed by atoms with E-state index in [1.54, 1.807) is 12.1 Å².